The SMILES string of the molecule is CC[C@H](O)c1ccccc1Oc1ccc(F)c(F)c1. The molecule has 0 radical (unpaired) electrons. The summed E-state index contributed by atoms with van der Waals surface area (Å²) in [7, 11) is 0. The fourth-order valence-electron chi connectivity index (χ4n) is 1.74. The fraction of sp³-hybridized carbons (Fsp3) is 0.200. The lowest BCUT2D eigenvalue weighted by Crippen LogP contribution is -1.99. The van der Waals surface area contributed by atoms with Crippen LogP contribution in [0.4, 0.5) is 8.78 Å². The number of hydrogen-bond acceptors (Lipinski definition) is 2. The molecule has 100 valence electrons. The highest BCUT2D eigenvalue weighted by atomic mass is 19.2. The van der Waals surface area contributed by atoms with Gasteiger partial charge >= 0.3 is 0 Å². The molecule has 2 rings (SSSR count). The van der Waals surface area contributed by atoms with Crippen LogP contribution in [0.2, 0.25) is 0 Å². The van der Waals surface area contributed by atoms with Gasteiger partial charge in [0.2, 0.25) is 0 Å². The van der Waals surface area contributed by atoms with Gasteiger partial charge < -0.3 is 9.84 Å². The Morgan fingerprint density at radius 3 is 2.53 bits per heavy atom. The largest absolute Gasteiger partial charge is 0.457 e. The Hall–Kier alpha value is -1.94. The van der Waals surface area contributed by atoms with Crippen LogP contribution in [-0.4, -0.2) is 5.11 Å². The second kappa shape index (κ2) is 5.80. The van der Waals surface area contributed by atoms with Crippen molar-refractivity contribution in [2.75, 3.05) is 0 Å². The molecule has 0 bridgehead atoms. The minimum absolute atomic E-state index is 0.189. The monoisotopic (exact) mass is 264 g/mol. The predicted molar refractivity (Wildman–Crippen MR) is 68.1 cm³/mol. The number of hydrogen-bond donors (Lipinski definition) is 1. The van der Waals surface area contributed by atoms with E-state index < -0.39 is 17.7 Å². The van der Waals surface area contributed by atoms with E-state index in [2.05, 4.69) is 0 Å². The van der Waals surface area contributed by atoms with Crippen molar-refractivity contribution >= 4 is 0 Å². The molecule has 0 aliphatic carbocycles. The third kappa shape index (κ3) is 3.09. The van der Waals surface area contributed by atoms with Gasteiger partial charge in [-0.2, -0.15) is 0 Å². The van der Waals surface area contributed by atoms with Crippen molar-refractivity contribution in [2.24, 2.45) is 0 Å². The van der Waals surface area contributed by atoms with Crippen molar-refractivity contribution in [3.63, 3.8) is 0 Å². The summed E-state index contributed by atoms with van der Waals surface area (Å²) < 4.78 is 31.4. The maximum Gasteiger partial charge on any atom is 0.162 e. The Balaban J connectivity index is 2.30. The molecule has 2 aromatic carbocycles. The van der Waals surface area contributed by atoms with Gasteiger partial charge in [-0.1, -0.05) is 25.1 Å². The Morgan fingerprint density at radius 2 is 1.84 bits per heavy atom. The Morgan fingerprint density at radius 1 is 1.11 bits per heavy atom. The smallest absolute Gasteiger partial charge is 0.162 e. The average Bonchev–Trinajstić information content (AvgIpc) is 2.43. The average molecular weight is 264 g/mol. The summed E-state index contributed by atoms with van der Waals surface area (Å²) in [6.07, 6.45) is -0.112. The van der Waals surface area contributed by atoms with Crippen LogP contribution in [0.25, 0.3) is 0 Å². The molecular weight excluding hydrogens is 250 g/mol. The molecule has 0 fully saturated rings. The van der Waals surface area contributed by atoms with Crippen molar-refractivity contribution in [3.8, 4) is 11.5 Å². The first-order chi connectivity index (χ1) is 9.11. The summed E-state index contributed by atoms with van der Waals surface area (Å²) in [4.78, 5) is 0. The van der Waals surface area contributed by atoms with E-state index in [0.29, 0.717) is 17.7 Å². The third-order valence-electron chi connectivity index (χ3n) is 2.78. The summed E-state index contributed by atoms with van der Waals surface area (Å²) in [5, 5.41) is 9.87. The molecule has 0 aromatic heterocycles. The van der Waals surface area contributed by atoms with Crippen LogP contribution in [0.3, 0.4) is 0 Å². The van der Waals surface area contributed by atoms with Gasteiger partial charge in [-0.15, -0.1) is 0 Å². The first-order valence-corrected chi connectivity index (χ1v) is 6.01. The number of rotatable bonds is 4. The molecule has 1 atom stereocenters. The lowest BCUT2D eigenvalue weighted by Gasteiger charge is -2.14. The number of halogens is 2. The molecule has 0 aliphatic heterocycles. The highest BCUT2D eigenvalue weighted by Crippen LogP contribution is 2.31. The van der Waals surface area contributed by atoms with Crippen LogP contribution in [0.1, 0.15) is 25.0 Å². The number of ether oxygens (including phenoxy) is 1. The number of para-hydroxylation sites is 1. The molecule has 19 heavy (non-hydrogen) atoms. The Labute approximate surface area is 110 Å². The molecule has 2 aromatic rings. The maximum absolute atomic E-state index is 13.1. The van der Waals surface area contributed by atoms with Crippen molar-refractivity contribution in [1.82, 2.24) is 0 Å². The van der Waals surface area contributed by atoms with Crippen molar-refractivity contribution in [3.05, 3.63) is 59.7 Å². The summed E-state index contributed by atoms with van der Waals surface area (Å²) in [6, 6.07) is 10.3. The van der Waals surface area contributed by atoms with Gasteiger partial charge in [0, 0.05) is 11.6 Å². The van der Waals surface area contributed by atoms with Crippen LogP contribution in [0, 0.1) is 11.6 Å². The van der Waals surface area contributed by atoms with Gasteiger partial charge in [-0.25, -0.2) is 8.78 Å². The fourth-order valence-corrected chi connectivity index (χ4v) is 1.74. The van der Waals surface area contributed by atoms with Crippen molar-refractivity contribution in [1.29, 1.82) is 0 Å². The quantitative estimate of drug-likeness (QED) is 0.896. The lowest BCUT2D eigenvalue weighted by molar-refractivity contribution is 0.170. The molecule has 0 aliphatic rings. The highest BCUT2D eigenvalue weighted by molar-refractivity contribution is 5.39. The van der Waals surface area contributed by atoms with Crippen LogP contribution >= 0.6 is 0 Å². The second-order valence-electron chi connectivity index (χ2n) is 4.14. The zero-order valence-corrected chi connectivity index (χ0v) is 10.4. The van der Waals surface area contributed by atoms with Crippen LogP contribution in [0.5, 0.6) is 11.5 Å². The van der Waals surface area contributed by atoms with E-state index in [9.17, 15) is 13.9 Å². The second-order valence-corrected chi connectivity index (χ2v) is 4.14. The predicted octanol–water partition coefficient (Wildman–Crippen LogP) is 4.20. The molecule has 4 heteroatoms. The first-order valence-electron chi connectivity index (χ1n) is 6.01. The summed E-state index contributed by atoms with van der Waals surface area (Å²) in [6.45, 7) is 1.85. The molecule has 0 unspecified atom stereocenters. The van der Waals surface area contributed by atoms with Crippen LogP contribution < -0.4 is 4.74 Å². The molecule has 1 N–H and O–H groups in total. The van der Waals surface area contributed by atoms with E-state index in [-0.39, 0.29) is 5.75 Å². The highest BCUT2D eigenvalue weighted by Gasteiger charge is 2.12. The zero-order chi connectivity index (χ0) is 13.8. The lowest BCUT2D eigenvalue weighted by atomic mass is 10.1. The van der Waals surface area contributed by atoms with E-state index in [1.807, 2.05) is 6.92 Å². The number of aliphatic hydroxyl groups is 1. The molecule has 0 spiro atoms. The molecule has 0 amide bonds. The van der Waals surface area contributed by atoms with E-state index >= 15 is 0 Å². The van der Waals surface area contributed by atoms with E-state index in [0.717, 1.165) is 12.1 Å². The Kier molecular flexibility index (Phi) is 4.12. The first kappa shape index (κ1) is 13.5. The van der Waals surface area contributed by atoms with Gasteiger partial charge in [-0.3, -0.25) is 0 Å². The van der Waals surface area contributed by atoms with Gasteiger partial charge in [-0.05, 0) is 24.6 Å². The summed E-state index contributed by atoms with van der Waals surface area (Å²) in [5.74, 6) is -1.27. The topological polar surface area (TPSA) is 29.5 Å². The molecule has 0 saturated carbocycles. The van der Waals surface area contributed by atoms with Gasteiger partial charge in [0.1, 0.15) is 11.5 Å². The van der Waals surface area contributed by atoms with Gasteiger partial charge in [0.25, 0.3) is 0 Å². The molecule has 2 nitrogen and oxygen atoms in total. The van der Waals surface area contributed by atoms with E-state index in [4.69, 9.17) is 4.74 Å². The van der Waals surface area contributed by atoms with Crippen LogP contribution in [0.15, 0.2) is 42.5 Å². The standard InChI is InChI=1S/C15H14F2O2/c1-2-14(18)11-5-3-4-6-15(11)19-10-7-8-12(16)13(17)9-10/h3-9,14,18H,2H2,1H3/t14-/m0/s1. The maximum atomic E-state index is 13.1. The molecular formula is C15H14F2O2. The normalized spacial score (nSPS) is 12.2. The van der Waals surface area contributed by atoms with Crippen molar-refractivity contribution in [2.45, 2.75) is 19.4 Å². The number of aliphatic hydroxyl groups excluding tert-OH is 1. The molecule has 0 saturated heterocycles. The molecule has 0 heterocycles. The Bertz CT molecular complexity index is 570. The third-order valence-corrected chi connectivity index (χ3v) is 2.78. The minimum atomic E-state index is -0.967. The van der Waals surface area contributed by atoms with E-state index in [1.165, 1.54) is 6.07 Å². The minimum Gasteiger partial charge on any atom is -0.457 e. The van der Waals surface area contributed by atoms with E-state index in [1.54, 1.807) is 24.3 Å². The summed E-state index contributed by atoms with van der Waals surface area (Å²) in [5.41, 5.74) is 0.620. The van der Waals surface area contributed by atoms with Crippen molar-refractivity contribution < 1.29 is 18.6 Å². The zero-order valence-electron chi connectivity index (χ0n) is 10.4. The van der Waals surface area contributed by atoms with Gasteiger partial charge in [0.15, 0.2) is 11.6 Å². The van der Waals surface area contributed by atoms with Gasteiger partial charge in [0.05, 0.1) is 6.10 Å². The number of benzene rings is 2. The van der Waals surface area contributed by atoms with Crippen LogP contribution in [-0.2, 0) is 0 Å². The summed E-state index contributed by atoms with van der Waals surface area (Å²) >= 11 is 0.